The van der Waals surface area contributed by atoms with Crippen LogP contribution < -0.4 is 11.1 Å². The van der Waals surface area contributed by atoms with Crippen LogP contribution in [0.15, 0.2) is 11.8 Å². The summed E-state index contributed by atoms with van der Waals surface area (Å²) in [6.07, 6.45) is 1.60. The summed E-state index contributed by atoms with van der Waals surface area (Å²) in [6.45, 7) is 2.31. The smallest absolute Gasteiger partial charge is 0.119 e. The van der Waals surface area contributed by atoms with E-state index in [1.54, 1.807) is 27.3 Å². The fraction of sp³-hybridized carbons (Fsp3) is 0.750. The second kappa shape index (κ2) is 6.72. The Morgan fingerprint density at radius 3 is 2.72 bits per heavy atom. The summed E-state index contributed by atoms with van der Waals surface area (Å²) in [6, 6.07) is -0.107. The van der Waals surface area contributed by atoms with E-state index in [0.717, 1.165) is 6.42 Å². The fourth-order valence-electron chi connectivity index (χ4n) is 2.29. The molecule has 4 atom stereocenters. The number of nitrogens with one attached hydrogen (secondary N) is 2. The van der Waals surface area contributed by atoms with Crippen molar-refractivity contribution in [3.8, 4) is 0 Å². The number of rotatable bonds is 6. The Morgan fingerprint density at radius 1 is 1.56 bits per heavy atom. The lowest BCUT2D eigenvalue weighted by molar-refractivity contribution is -0.0330. The van der Waals surface area contributed by atoms with Crippen molar-refractivity contribution < 1.29 is 14.6 Å². The van der Waals surface area contributed by atoms with Crippen LogP contribution in [0.3, 0.4) is 0 Å². The van der Waals surface area contributed by atoms with Crippen LogP contribution in [-0.2, 0) is 9.47 Å². The maximum Gasteiger partial charge on any atom is 0.119 e. The molecule has 104 valence electrons. The first-order valence-corrected chi connectivity index (χ1v) is 5.98. The zero-order valence-electron chi connectivity index (χ0n) is 11.1. The molecular formula is C12H23N3O3. The summed E-state index contributed by atoms with van der Waals surface area (Å²) >= 11 is 0. The van der Waals surface area contributed by atoms with Gasteiger partial charge in [-0.05, 0) is 13.3 Å². The number of aliphatic hydroxyl groups is 1. The molecule has 0 spiro atoms. The number of amidine groups is 1. The molecule has 2 unspecified atom stereocenters. The second-order valence-corrected chi connectivity index (χ2v) is 4.66. The van der Waals surface area contributed by atoms with Crippen LogP contribution in [0.1, 0.15) is 13.3 Å². The van der Waals surface area contributed by atoms with Gasteiger partial charge in [0, 0.05) is 31.9 Å². The maximum atomic E-state index is 10.1. The monoisotopic (exact) mass is 257 g/mol. The van der Waals surface area contributed by atoms with E-state index < -0.39 is 6.10 Å². The molecule has 0 radical (unpaired) electrons. The van der Waals surface area contributed by atoms with E-state index in [1.165, 1.54) is 0 Å². The van der Waals surface area contributed by atoms with Gasteiger partial charge in [-0.15, -0.1) is 0 Å². The van der Waals surface area contributed by atoms with Crippen molar-refractivity contribution in [3.63, 3.8) is 0 Å². The molecule has 1 aliphatic carbocycles. The molecule has 1 saturated carbocycles. The standard InChI is InChI=1S/C12H23N3O3/c1-7(12(13)14)5-15-9-4-8(6-17-2)11(18-3)10(9)16/h5,8-11,15-16H,4,6H2,1-3H3,(H3,13,14)/b7-5-/t8-,9-,10?,11?/m1/s1. The molecule has 6 nitrogen and oxygen atoms in total. The van der Waals surface area contributed by atoms with Crippen LogP contribution in [0.4, 0.5) is 0 Å². The van der Waals surface area contributed by atoms with Gasteiger partial charge in [0.25, 0.3) is 0 Å². The average molecular weight is 257 g/mol. The van der Waals surface area contributed by atoms with Gasteiger partial charge >= 0.3 is 0 Å². The van der Waals surface area contributed by atoms with Crippen molar-refractivity contribution in [2.75, 3.05) is 20.8 Å². The lowest BCUT2D eigenvalue weighted by Crippen LogP contribution is -2.39. The molecule has 0 heterocycles. The van der Waals surface area contributed by atoms with Gasteiger partial charge in [-0.3, -0.25) is 5.41 Å². The summed E-state index contributed by atoms with van der Waals surface area (Å²) in [4.78, 5) is 0. The minimum Gasteiger partial charge on any atom is -0.388 e. The quantitative estimate of drug-likeness (QED) is 0.391. The van der Waals surface area contributed by atoms with Gasteiger partial charge in [-0.25, -0.2) is 0 Å². The van der Waals surface area contributed by atoms with E-state index in [9.17, 15) is 5.11 Å². The summed E-state index contributed by atoms with van der Waals surface area (Å²) in [5, 5.41) is 20.5. The third-order valence-corrected chi connectivity index (χ3v) is 3.36. The second-order valence-electron chi connectivity index (χ2n) is 4.66. The van der Waals surface area contributed by atoms with E-state index in [-0.39, 0.29) is 23.9 Å². The Bertz CT molecular complexity index is 320. The summed E-state index contributed by atoms with van der Waals surface area (Å²) in [5.74, 6) is 0.185. The Morgan fingerprint density at radius 2 is 2.22 bits per heavy atom. The van der Waals surface area contributed by atoms with Gasteiger partial charge in [0.15, 0.2) is 0 Å². The van der Waals surface area contributed by atoms with Gasteiger partial charge in [0.1, 0.15) is 11.9 Å². The van der Waals surface area contributed by atoms with E-state index in [4.69, 9.17) is 20.6 Å². The van der Waals surface area contributed by atoms with Gasteiger partial charge < -0.3 is 25.6 Å². The summed E-state index contributed by atoms with van der Waals surface area (Å²) in [5.41, 5.74) is 6.00. The van der Waals surface area contributed by atoms with Crippen LogP contribution in [-0.4, -0.2) is 50.0 Å². The predicted octanol–water partition coefficient (Wildman–Crippen LogP) is -0.173. The first-order chi connectivity index (χ1) is 8.51. The normalized spacial score (nSPS) is 32.6. The topological polar surface area (TPSA) is 101 Å². The molecule has 0 saturated heterocycles. The van der Waals surface area contributed by atoms with Crippen LogP contribution in [0.5, 0.6) is 0 Å². The van der Waals surface area contributed by atoms with E-state index in [1.807, 2.05) is 0 Å². The third kappa shape index (κ3) is 3.44. The molecular weight excluding hydrogens is 234 g/mol. The molecule has 1 aliphatic rings. The molecule has 5 N–H and O–H groups in total. The average Bonchev–Trinajstić information content (AvgIpc) is 2.62. The van der Waals surface area contributed by atoms with E-state index >= 15 is 0 Å². The number of aliphatic hydroxyl groups excluding tert-OH is 1. The SMILES string of the molecule is COC[C@H]1C[C@@H](N/C=C(/C)C(=N)N)C(O)C1OC. The third-order valence-electron chi connectivity index (χ3n) is 3.36. The molecule has 0 bridgehead atoms. The zero-order chi connectivity index (χ0) is 13.7. The highest BCUT2D eigenvalue weighted by atomic mass is 16.5. The highest BCUT2D eigenvalue weighted by Gasteiger charge is 2.42. The van der Waals surface area contributed by atoms with Gasteiger partial charge in [0.05, 0.1) is 18.8 Å². The maximum absolute atomic E-state index is 10.1. The summed E-state index contributed by atoms with van der Waals surface area (Å²) in [7, 11) is 3.23. The highest BCUT2D eigenvalue weighted by Crippen LogP contribution is 2.29. The molecule has 0 aromatic heterocycles. The molecule has 0 aromatic rings. The highest BCUT2D eigenvalue weighted by molar-refractivity contribution is 5.93. The predicted molar refractivity (Wildman–Crippen MR) is 69.4 cm³/mol. The van der Waals surface area contributed by atoms with Crippen LogP contribution in [0, 0.1) is 11.3 Å². The van der Waals surface area contributed by atoms with Crippen LogP contribution in [0.25, 0.3) is 0 Å². The van der Waals surface area contributed by atoms with E-state index in [0.29, 0.717) is 12.2 Å². The first-order valence-electron chi connectivity index (χ1n) is 5.98. The number of ether oxygens (including phenoxy) is 2. The number of methoxy groups -OCH3 is 2. The largest absolute Gasteiger partial charge is 0.388 e. The van der Waals surface area contributed by atoms with Gasteiger partial charge in [-0.2, -0.15) is 0 Å². The van der Waals surface area contributed by atoms with Crippen molar-refractivity contribution in [2.24, 2.45) is 11.7 Å². The Balaban J connectivity index is 2.63. The van der Waals surface area contributed by atoms with Crippen molar-refractivity contribution in [3.05, 3.63) is 11.8 Å². The van der Waals surface area contributed by atoms with Gasteiger partial charge in [-0.1, -0.05) is 0 Å². The molecule has 1 rings (SSSR count). The molecule has 0 aliphatic heterocycles. The Hall–Kier alpha value is -1.11. The molecule has 0 amide bonds. The molecule has 0 aromatic carbocycles. The Labute approximate surface area is 108 Å². The Kier molecular flexibility index (Phi) is 5.58. The first kappa shape index (κ1) is 14.9. The molecule has 18 heavy (non-hydrogen) atoms. The van der Waals surface area contributed by atoms with Gasteiger partial charge in [0.2, 0.25) is 0 Å². The van der Waals surface area contributed by atoms with Crippen LogP contribution >= 0.6 is 0 Å². The number of nitrogens with two attached hydrogens (primary N) is 1. The lowest BCUT2D eigenvalue weighted by atomic mass is 10.1. The molecule has 6 heteroatoms. The van der Waals surface area contributed by atoms with Crippen molar-refractivity contribution in [1.29, 1.82) is 5.41 Å². The van der Waals surface area contributed by atoms with Crippen molar-refractivity contribution in [1.82, 2.24) is 5.32 Å². The lowest BCUT2D eigenvalue weighted by Gasteiger charge is -2.20. The fourth-order valence-corrected chi connectivity index (χ4v) is 2.29. The zero-order valence-corrected chi connectivity index (χ0v) is 11.1. The number of hydrogen-bond donors (Lipinski definition) is 4. The minimum absolute atomic E-state index is 0.0201. The minimum atomic E-state index is -0.592. The van der Waals surface area contributed by atoms with E-state index in [2.05, 4.69) is 5.32 Å². The molecule has 1 fully saturated rings. The summed E-state index contributed by atoms with van der Waals surface area (Å²) < 4.78 is 10.4. The number of hydrogen-bond acceptors (Lipinski definition) is 5. The van der Waals surface area contributed by atoms with Crippen molar-refractivity contribution >= 4 is 5.84 Å². The van der Waals surface area contributed by atoms with Crippen molar-refractivity contribution in [2.45, 2.75) is 31.6 Å². The van der Waals surface area contributed by atoms with Crippen LogP contribution in [0.2, 0.25) is 0 Å².